The Kier molecular flexibility index (Phi) is 7.82. The van der Waals surface area contributed by atoms with Gasteiger partial charge in [0.25, 0.3) is 5.69 Å². The highest BCUT2D eigenvalue weighted by molar-refractivity contribution is 7.89. The van der Waals surface area contributed by atoms with Crippen LogP contribution in [0.2, 0.25) is 0 Å². The summed E-state index contributed by atoms with van der Waals surface area (Å²) in [4.78, 5) is 22.9. The summed E-state index contributed by atoms with van der Waals surface area (Å²) >= 11 is 0. The summed E-state index contributed by atoms with van der Waals surface area (Å²) in [5.74, 6) is -0.549. The van der Waals surface area contributed by atoms with Crippen LogP contribution in [-0.2, 0) is 14.8 Å². The van der Waals surface area contributed by atoms with Gasteiger partial charge in [0.05, 0.1) is 9.82 Å². The van der Waals surface area contributed by atoms with E-state index in [1.807, 2.05) is 6.92 Å². The predicted octanol–water partition coefficient (Wildman–Crippen LogP) is 2.32. The van der Waals surface area contributed by atoms with Crippen molar-refractivity contribution < 1.29 is 18.1 Å². The number of carbonyl (C=O) groups is 1. The molecule has 0 aromatic heterocycles. The first-order valence-corrected chi connectivity index (χ1v) is 10.6. The number of nitro benzene ring substituents is 1. The van der Waals surface area contributed by atoms with Gasteiger partial charge in [-0.05, 0) is 50.6 Å². The largest absolute Gasteiger partial charge is 0.330 e. The van der Waals surface area contributed by atoms with E-state index in [0.29, 0.717) is 25.1 Å². The first-order valence-electron chi connectivity index (χ1n) is 9.07. The molecule has 0 radical (unpaired) electrons. The van der Waals surface area contributed by atoms with Crippen molar-refractivity contribution in [2.45, 2.75) is 37.1 Å². The molecule has 2 aromatic carbocycles. The Bertz CT molecular complexity index is 944. The zero-order valence-electron chi connectivity index (χ0n) is 16.0. The zero-order chi connectivity index (χ0) is 21.4. The molecule has 0 fully saturated rings. The lowest BCUT2D eigenvalue weighted by Gasteiger charge is -2.18. The molecule has 0 saturated carbocycles. The van der Waals surface area contributed by atoms with E-state index in [0.717, 1.165) is 5.56 Å². The molecule has 0 aliphatic carbocycles. The number of nitrogens with zero attached hydrogens (tertiary/aromatic N) is 1. The number of nitrogens with one attached hydrogen (secondary N) is 2. The van der Waals surface area contributed by atoms with Crippen LogP contribution in [0.4, 0.5) is 11.4 Å². The Balaban J connectivity index is 2.16. The maximum absolute atomic E-state index is 12.7. The van der Waals surface area contributed by atoms with Crippen LogP contribution in [0.15, 0.2) is 53.4 Å². The van der Waals surface area contributed by atoms with Crippen molar-refractivity contribution >= 4 is 27.3 Å². The van der Waals surface area contributed by atoms with E-state index in [1.165, 1.54) is 36.4 Å². The van der Waals surface area contributed by atoms with E-state index in [2.05, 4.69) is 10.0 Å². The number of anilines is 1. The lowest BCUT2D eigenvalue weighted by molar-refractivity contribution is -0.384. The summed E-state index contributed by atoms with van der Waals surface area (Å²) in [5.41, 5.74) is 6.63. The smallest absolute Gasteiger partial charge is 0.269 e. The average Bonchev–Trinajstić information content (AvgIpc) is 2.68. The summed E-state index contributed by atoms with van der Waals surface area (Å²) in [7, 11) is -3.90. The highest BCUT2D eigenvalue weighted by atomic mass is 32.2. The normalized spacial score (nSPS) is 12.3. The van der Waals surface area contributed by atoms with E-state index in [1.54, 1.807) is 12.1 Å². The summed E-state index contributed by atoms with van der Waals surface area (Å²) in [6, 6.07) is 10.6. The van der Waals surface area contributed by atoms with E-state index in [4.69, 9.17) is 5.73 Å². The number of nitrogens with two attached hydrogens (primary N) is 1. The maximum Gasteiger partial charge on any atom is 0.269 e. The topological polar surface area (TPSA) is 144 Å². The number of nitro groups is 1. The number of benzene rings is 2. The van der Waals surface area contributed by atoms with E-state index in [9.17, 15) is 23.3 Å². The molecule has 0 aliphatic heterocycles. The van der Waals surface area contributed by atoms with Crippen LogP contribution < -0.4 is 15.8 Å². The molecule has 10 heteroatoms. The molecule has 0 saturated heterocycles. The molecule has 1 amide bonds. The highest BCUT2D eigenvalue weighted by Crippen LogP contribution is 2.17. The summed E-state index contributed by atoms with van der Waals surface area (Å²) in [5, 5.41) is 13.3. The van der Waals surface area contributed by atoms with Gasteiger partial charge in [-0.1, -0.05) is 24.1 Å². The number of amides is 1. The van der Waals surface area contributed by atoms with Crippen molar-refractivity contribution in [3.8, 4) is 0 Å². The van der Waals surface area contributed by atoms with Crippen LogP contribution in [0.25, 0.3) is 0 Å². The fourth-order valence-electron chi connectivity index (χ4n) is 2.60. The van der Waals surface area contributed by atoms with Gasteiger partial charge in [0, 0.05) is 17.8 Å². The monoisotopic (exact) mass is 420 g/mol. The summed E-state index contributed by atoms with van der Waals surface area (Å²) in [6.45, 7) is 2.28. The Morgan fingerprint density at radius 3 is 2.28 bits per heavy atom. The van der Waals surface area contributed by atoms with E-state index >= 15 is 0 Å². The third kappa shape index (κ3) is 6.63. The van der Waals surface area contributed by atoms with Gasteiger partial charge in [-0.2, -0.15) is 4.72 Å². The molecule has 0 aliphatic rings. The minimum Gasteiger partial charge on any atom is -0.330 e. The second-order valence-corrected chi connectivity index (χ2v) is 8.28. The molecule has 9 nitrogen and oxygen atoms in total. The van der Waals surface area contributed by atoms with Crippen LogP contribution in [-0.4, -0.2) is 31.8 Å². The number of unbranched alkanes of at least 4 members (excludes halogenated alkanes) is 1. The van der Waals surface area contributed by atoms with Crippen LogP contribution in [0.1, 0.15) is 24.8 Å². The van der Waals surface area contributed by atoms with Gasteiger partial charge in [-0.15, -0.1) is 0 Å². The Labute approximate surface area is 169 Å². The molecule has 2 aromatic rings. The molecule has 0 bridgehead atoms. The van der Waals surface area contributed by atoms with E-state index in [-0.39, 0.29) is 17.0 Å². The maximum atomic E-state index is 12.7. The van der Waals surface area contributed by atoms with Gasteiger partial charge in [0.15, 0.2) is 0 Å². The second-order valence-electron chi connectivity index (χ2n) is 6.56. The van der Waals surface area contributed by atoms with Gasteiger partial charge in [-0.25, -0.2) is 8.42 Å². The minimum absolute atomic E-state index is 0.0649. The second kappa shape index (κ2) is 10.1. The quantitative estimate of drug-likeness (QED) is 0.306. The van der Waals surface area contributed by atoms with Crippen molar-refractivity contribution in [2.75, 3.05) is 11.9 Å². The number of rotatable bonds is 10. The number of carbonyl (C=O) groups excluding carboxylic acids is 1. The third-order valence-electron chi connectivity index (χ3n) is 4.24. The zero-order valence-corrected chi connectivity index (χ0v) is 16.8. The third-order valence-corrected chi connectivity index (χ3v) is 5.73. The minimum atomic E-state index is -3.90. The number of hydrogen-bond acceptors (Lipinski definition) is 6. The van der Waals surface area contributed by atoms with Crippen LogP contribution in [0, 0.1) is 17.0 Å². The van der Waals surface area contributed by atoms with Crippen LogP contribution in [0.3, 0.4) is 0 Å². The summed E-state index contributed by atoms with van der Waals surface area (Å²) in [6.07, 6.45) is 1.47. The molecule has 4 N–H and O–H groups in total. The van der Waals surface area contributed by atoms with Gasteiger partial charge >= 0.3 is 0 Å². The van der Waals surface area contributed by atoms with Gasteiger partial charge in [0.2, 0.25) is 15.9 Å². The highest BCUT2D eigenvalue weighted by Gasteiger charge is 2.25. The van der Waals surface area contributed by atoms with Crippen molar-refractivity contribution in [3.05, 3.63) is 64.2 Å². The summed E-state index contributed by atoms with van der Waals surface area (Å²) < 4.78 is 27.8. The molecule has 1 atom stereocenters. The molecule has 29 heavy (non-hydrogen) atoms. The first-order chi connectivity index (χ1) is 13.7. The van der Waals surface area contributed by atoms with Gasteiger partial charge in [0.1, 0.15) is 6.04 Å². The fraction of sp³-hybridized carbons (Fsp3) is 0.316. The van der Waals surface area contributed by atoms with Crippen molar-refractivity contribution in [1.82, 2.24) is 4.72 Å². The fourth-order valence-corrected chi connectivity index (χ4v) is 3.83. The molecular formula is C19H24N4O5S. The molecule has 0 spiro atoms. The van der Waals surface area contributed by atoms with Crippen molar-refractivity contribution in [3.63, 3.8) is 0 Å². The number of non-ortho nitro benzene ring substituents is 1. The Morgan fingerprint density at radius 1 is 1.10 bits per heavy atom. The van der Waals surface area contributed by atoms with Crippen LogP contribution in [0.5, 0.6) is 0 Å². The lowest BCUT2D eigenvalue weighted by Crippen LogP contribution is -2.43. The van der Waals surface area contributed by atoms with Crippen molar-refractivity contribution in [1.29, 1.82) is 0 Å². The molecular weight excluding hydrogens is 396 g/mol. The predicted molar refractivity (Wildman–Crippen MR) is 110 cm³/mol. The Hall–Kier alpha value is -2.82. The van der Waals surface area contributed by atoms with Crippen molar-refractivity contribution in [2.24, 2.45) is 5.73 Å². The number of hydrogen-bond donors (Lipinski definition) is 3. The van der Waals surface area contributed by atoms with E-state index < -0.39 is 26.9 Å². The lowest BCUT2D eigenvalue weighted by atomic mass is 10.1. The molecule has 2 rings (SSSR count). The Morgan fingerprint density at radius 2 is 1.72 bits per heavy atom. The average molecular weight is 420 g/mol. The molecule has 0 unspecified atom stereocenters. The molecule has 0 heterocycles. The van der Waals surface area contributed by atoms with Crippen LogP contribution >= 0.6 is 0 Å². The SMILES string of the molecule is Cc1ccc(S(=O)(=O)N[C@@H](CCCCN)C(=O)Nc2ccc([N+](=O)[O-])cc2)cc1. The molecule has 156 valence electrons. The van der Waals surface area contributed by atoms with Gasteiger partial charge < -0.3 is 11.1 Å². The standard InChI is InChI=1S/C19H24N4O5S/c1-14-5-11-17(12-6-14)29(27,28)22-18(4-2-3-13-20)19(24)21-15-7-9-16(10-8-15)23(25)26/h5-12,18,22H,2-4,13,20H2,1H3,(H,21,24)/t18-/m0/s1. The van der Waals surface area contributed by atoms with Gasteiger partial charge in [-0.3, -0.25) is 14.9 Å². The number of aryl methyl sites for hydroxylation is 1. The first kappa shape index (κ1) is 22.5. The number of sulfonamides is 1.